The molecule has 0 unspecified atom stereocenters. The number of nitrogens with zero attached hydrogens (tertiary/aromatic N) is 9. The maximum Gasteiger partial charge on any atom is 0.260 e. The van der Waals surface area contributed by atoms with Crippen molar-refractivity contribution in [3.05, 3.63) is 83.2 Å². The molecule has 2 aliphatic rings. The molecule has 0 bridgehead atoms. The van der Waals surface area contributed by atoms with Crippen molar-refractivity contribution in [3.63, 3.8) is 0 Å². The van der Waals surface area contributed by atoms with E-state index >= 15 is 0 Å². The number of piperazine rings is 1. The Morgan fingerprint density at radius 3 is 2.55 bits per heavy atom. The molecule has 2 aliphatic heterocycles. The van der Waals surface area contributed by atoms with Gasteiger partial charge in [0, 0.05) is 76.0 Å². The second-order valence-electron chi connectivity index (χ2n) is 11.1. The summed E-state index contributed by atoms with van der Waals surface area (Å²) in [5.74, 6) is 0.373. The molecule has 12 nitrogen and oxygen atoms in total. The first kappa shape index (κ1) is 30.1. The summed E-state index contributed by atoms with van der Waals surface area (Å²) in [5, 5.41) is 8.49. The third-order valence-electron chi connectivity index (χ3n) is 8.04. The van der Waals surface area contributed by atoms with Gasteiger partial charge in [0.25, 0.3) is 10.0 Å². The average molecular weight is 633 g/mol. The molecule has 3 aromatic heterocycles. The number of anilines is 1. The van der Waals surface area contributed by atoms with Gasteiger partial charge in [-0.2, -0.15) is 9.40 Å². The van der Waals surface area contributed by atoms with Crippen LogP contribution in [0.4, 0.5) is 11.6 Å². The normalized spacial score (nSPS) is 17.4. The SMILES string of the molecule is [C-]#[N+]c1cnc(NC2CCN(S(=O)(=O)c3ccccn3)CC2)nc1-c1cnn(-c2ccc(CN3CCN(C)CC3)cc2Cl)c1. The summed E-state index contributed by atoms with van der Waals surface area (Å²) in [7, 11) is -1.49. The molecule has 4 aromatic rings. The smallest absolute Gasteiger partial charge is 0.260 e. The second kappa shape index (κ2) is 13.0. The highest BCUT2D eigenvalue weighted by atomic mass is 35.5. The number of likely N-dealkylation sites (N-methyl/N-ethyl adjacent to an activating group) is 1. The highest BCUT2D eigenvalue weighted by molar-refractivity contribution is 7.89. The van der Waals surface area contributed by atoms with Crippen molar-refractivity contribution in [2.75, 3.05) is 51.6 Å². The van der Waals surface area contributed by atoms with Crippen molar-refractivity contribution in [3.8, 4) is 16.9 Å². The van der Waals surface area contributed by atoms with E-state index in [0.29, 0.717) is 53.8 Å². The van der Waals surface area contributed by atoms with E-state index in [-0.39, 0.29) is 11.1 Å². The van der Waals surface area contributed by atoms with Crippen LogP contribution in [0.2, 0.25) is 5.02 Å². The number of hydrogen-bond donors (Lipinski definition) is 1. The molecule has 14 heteroatoms. The van der Waals surface area contributed by atoms with Crippen LogP contribution >= 0.6 is 11.6 Å². The van der Waals surface area contributed by atoms with Gasteiger partial charge in [-0.15, -0.1) is 0 Å². The molecule has 2 fully saturated rings. The van der Waals surface area contributed by atoms with Crippen molar-refractivity contribution < 1.29 is 8.42 Å². The first-order chi connectivity index (χ1) is 21.3. The Morgan fingerprint density at radius 1 is 1.05 bits per heavy atom. The topological polar surface area (TPSA) is 117 Å². The maximum atomic E-state index is 12.9. The van der Waals surface area contributed by atoms with Crippen LogP contribution in [0.25, 0.3) is 21.8 Å². The number of piperidine rings is 1. The second-order valence-corrected chi connectivity index (χ2v) is 13.4. The van der Waals surface area contributed by atoms with E-state index < -0.39 is 10.0 Å². The van der Waals surface area contributed by atoms with Gasteiger partial charge in [0.1, 0.15) is 0 Å². The van der Waals surface area contributed by atoms with Crippen molar-refractivity contribution in [2.45, 2.75) is 30.5 Å². The minimum absolute atomic E-state index is 0.0253. The number of pyridine rings is 1. The Kier molecular flexibility index (Phi) is 8.88. The molecule has 0 spiro atoms. The lowest BCUT2D eigenvalue weighted by molar-refractivity contribution is 0.148. The van der Waals surface area contributed by atoms with Crippen molar-refractivity contribution in [1.82, 2.24) is 38.8 Å². The zero-order chi connectivity index (χ0) is 30.7. The van der Waals surface area contributed by atoms with Crippen LogP contribution in [0.5, 0.6) is 0 Å². The summed E-state index contributed by atoms with van der Waals surface area (Å²) in [6, 6.07) is 10.9. The molecule has 5 heterocycles. The van der Waals surface area contributed by atoms with E-state index in [9.17, 15) is 8.42 Å². The van der Waals surface area contributed by atoms with Gasteiger partial charge in [0.2, 0.25) is 11.6 Å². The van der Waals surface area contributed by atoms with E-state index in [2.05, 4.69) is 53.1 Å². The Hall–Kier alpha value is -3.93. The monoisotopic (exact) mass is 632 g/mol. The number of aromatic nitrogens is 5. The molecule has 0 radical (unpaired) electrons. The Bertz CT molecular complexity index is 1760. The zero-order valence-electron chi connectivity index (χ0n) is 24.3. The van der Waals surface area contributed by atoms with E-state index in [1.807, 2.05) is 18.3 Å². The number of rotatable bonds is 8. The van der Waals surface area contributed by atoms with Gasteiger partial charge in [-0.05, 0) is 49.7 Å². The molecule has 2 saturated heterocycles. The predicted octanol–water partition coefficient (Wildman–Crippen LogP) is 3.94. The van der Waals surface area contributed by atoms with E-state index in [4.69, 9.17) is 18.2 Å². The molecule has 1 N–H and O–H groups in total. The lowest BCUT2D eigenvalue weighted by Crippen LogP contribution is -2.43. The highest BCUT2D eigenvalue weighted by Gasteiger charge is 2.30. The van der Waals surface area contributed by atoms with Crippen molar-refractivity contribution in [2.24, 2.45) is 0 Å². The molecule has 44 heavy (non-hydrogen) atoms. The minimum atomic E-state index is -3.64. The molecule has 6 rings (SSSR count). The number of halogens is 1. The first-order valence-corrected chi connectivity index (χ1v) is 16.3. The summed E-state index contributed by atoms with van der Waals surface area (Å²) in [4.78, 5) is 21.4. The van der Waals surface area contributed by atoms with Gasteiger partial charge in [-0.3, -0.25) is 4.90 Å². The molecule has 0 atom stereocenters. The fourth-order valence-corrected chi connectivity index (χ4v) is 7.16. The first-order valence-electron chi connectivity index (χ1n) is 14.5. The van der Waals surface area contributed by atoms with Gasteiger partial charge in [-0.1, -0.05) is 23.7 Å². The largest absolute Gasteiger partial charge is 0.351 e. The predicted molar refractivity (Wildman–Crippen MR) is 168 cm³/mol. The lowest BCUT2D eigenvalue weighted by atomic mass is 10.1. The van der Waals surface area contributed by atoms with Crippen LogP contribution in [0.3, 0.4) is 0 Å². The molecule has 1 aromatic carbocycles. The maximum absolute atomic E-state index is 12.9. The van der Waals surface area contributed by atoms with E-state index in [0.717, 1.165) is 44.0 Å². The van der Waals surface area contributed by atoms with E-state index in [1.54, 1.807) is 23.0 Å². The van der Waals surface area contributed by atoms with Gasteiger partial charge in [-0.25, -0.2) is 32.9 Å². The number of benzene rings is 1. The summed E-state index contributed by atoms with van der Waals surface area (Å²) >= 11 is 6.71. The van der Waals surface area contributed by atoms with Gasteiger partial charge in [0.15, 0.2) is 5.03 Å². The standard InChI is InChI=1S/C30H33ClN10O2S/c1-32-26-19-34-30(36-24-8-11-40(12-9-24)44(42,43)28-5-3-4-10-33-28)37-29(26)23-18-35-41(21-23)27-7-6-22(17-25(27)31)20-39-15-13-38(2)14-16-39/h3-7,10,17-19,21,24H,8-9,11-16,20H2,2H3,(H,34,36,37). The van der Waals surface area contributed by atoms with Gasteiger partial charge >= 0.3 is 0 Å². The Morgan fingerprint density at radius 2 is 1.84 bits per heavy atom. The summed E-state index contributed by atoms with van der Waals surface area (Å²) in [6.07, 6.45) is 7.61. The fourth-order valence-electron chi connectivity index (χ4n) is 5.47. The van der Waals surface area contributed by atoms with Crippen LogP contribution in [-0.2, 0) is 16.6 Å². The van der Waals surface area contributed by atoms with Crippen molar-refractivity contribution >= 4 is 33.3 Å². The van der Waals surface area contributed by atoms with Crippen LogP contribution in [0, 0.1) is 6.57 Å². The minimum Gasteiger partial charge on any atom is -0.351 e. The fraction of sp³-hybridized carbons (Fsp3) is 0.367. The van der Waals surface area contributed by atoms with Gasteiger partial charge < -0.3 is 10.2 Å². The molecular weight excluding hydrogens is 600 g/mol. The highest BCUT2D eigenvalue weighted by Crippen LogP contribution is 2.31. The van der Waals surface area contributed by atoms with Crippen molar-refractivity contribution in [1.29, 1.82) is 0 Å². The molecule has 0 aliphatic carbocycles. The lowest BCUT2D eigenvalue weighted by Gasteiger charge is -2.32. The Balaban J connectivity index is 1.13. The summed E-state index contributed by atoms with van der Waals surface area (Å²) < 4.78 is 29.0. The molecule has 0 saturated carbocycles. The summed E-state index contributed by atoms with van der Waals surface area (Å²) in [5.41, 5.74) is 3.32. The van der Waals surface area contributed by atoms with Gasteiger partial charge in [0.05, 0.1) is 29.2 Å². The number of hydrogen-bond acceptors (Lipinski definition) is 9. The molecule has 228 valence electrons. The average Bonchev–Trinajstić information content (AvgIpc) is 3.53. The van der Waals surface area contributed by atoms with Crippen LogP contribution in [0.1, 0.15) is 18.4 Å². The van der Waals surface area contributed by atoms with Crippen LogP contribution in [-0.4, -0.2) is 99.6 Å². The van der Waals surface area contributed by atoms with Crippen LogP contribution in [0.15, 0.2) is 66.2 Å². The van der Waals surface area contributed by atoms with Crippen LogP contribution < -0.4 is 5.32 Å². The third kappa shape index (κ3) is 6.59. The Labute approximate surface area is 262 Å². The summed E-state index contributed by atoms with van der Waals surface area (Å²) in [6.45, 7) is 13.4. The molecular formula is C30H33ClN10O2S. The number of sulfonamides is 1. The zero-order valence-corrected chi connectivity index (χ0v) is 25.9. The molecule has 0 amide bonds. The number of nitrogens with one attached hydrogen (secondary N) is 1. The third-order valence-corrected chi connectivity index (χ3v) is 10.2. The van der Waals surface area contributed by atoms with E-state index in [1.165, 1.54) is 22.8 Å². The quantitative estimate of drug-likeness (QED) is 0.288.